The van der Waals surface area contributed by atoms with Gasteiger partial charge < -0.3 is 10.4 Å². The molecule has 2 nitrogen and oxygen atoms in total. The second kappa shape index (κ2) is 7.17. The van der Waals surface area contributed by atoms with Crippen molar-refractivity contribution < 1.29 is 5.11 Å². The second-order valence-corrected chi connectivity index (χ2v) is 5.95. The predicted molar refractivity (Wildman–Crippen MR) is 89.2 cm³/mol. The lowest BCUT2D eigenvalue weighted by Gasteiger charge is -2.24. The number of hydrogen-bond acceptors (Lipinski definition) is 2. The highest BCUT2D eigenvalue weighted by Crippen LogP contribution is 2.29. The molecule has 0 saturated carbocycles. The van der Waals surface area contributed by atoms with Crippen molar-refractivity contribution in [1.29, 1.82) is 0 Å². The van der Waals surface area contributed by atoms with E-state index >= 15 is 0 Å². The van der Waals surface area contributed by atoms with Crippen LogP contribution in [-0.2, 0) is 0 Å². The molecule has 0 amide bonds. The molecule has 2 atom stereocenters. The summed E-state index contributed by atoms with van der Waals surface area (Å²) in [6.45, 7) is 4.21. The fourth-order valence-corrected chi connectivity index (χ4v) is 2.97. The topological polar surface area (TPSA) is 32.3 Å². The largest absolute Gasteiger partial charge is 0.508 e. The lowest BCUT2D eigenvalue weighted by atomic mass is 10.0. The van der Waals surface area contributed by atoms with Crippen molar-refractivity contribution in [3.63, 3.8) is 0 Å². The van der Waals surface area contributed by atoms with Crippen molar-refractivity contribution in [2.75, 3.05) is 0 Å². The molecule has 0 fully saturated rings. The fourth-order valence-electron chi connectivity index (χ4n) is 2.40. The van der Waals surface area contributed by atoms with Crippen molar-refractivity contribution in [3.05, 3.63) is 63.6 Å². The Hall–Kier alpha value is -1.22. The van der Waals surface area contributed by atoms with Crippen molar-refractivity contribution in [3.8, 4) is 5.75 Å². The summed E-state index contributed by atoms with van der Waals surface area (Å²) in [6.07, 6.45) is 0.945. The Morgan fingerprint density at radius 3 is 2.33 bits per heavy atom. The molecule has 0 aliphatic heterocycles. The van der Waals surface area contributed by atoms with Crippen molar-refractivity contribution in [2.45, 2.75) is 32.4 Å². The number of phenols is 1. The van der Waals surface area contributed by atoms with Gasteiger partial charge in [-0.1, -0.05) is 48.3 Å². The van der Waals surface area contributed by atoms with Crippen LogP contribution in [0.25, 0.3) is 0 Å². The summed E-state index contributed by atoms with van der Waals surface area (Å²) < 4.78 is 0. The Morgan fingerprint density at radius 2 is 1.76 bits per heavy atom. The molecule has 2 aromatic rings. The quantitative estimate of drug-likeness (QED) is 0.761. The van der Waals surface area contributed by atoms with Gasteiger partial charge in [-0.25, -0.2) is 0 Å². The molecule has 2 aromatic carbocycles. The number of rotatable bonds is 5. The third-order valence-electron chi connectivity index (χ3n) is 3.58. The first-order chi connectivity index (χ1) is 10.0. The van der Waals surface area contributed by atoms with Gasteiger partial charge >= 0.3 is 0 Å². The Morgan fingerprint density at radius 1 is 1.10 bits per heavy atom. The molecule has 0 radical (unpaired) electrons. The maximum Gasteiger partial charge on any atom is 0.115 e. The Labute approximate surface area is 135 Å². The smallest absolute Gasteiger partial charge is 0.115 e. The minimum atomic E-state index is 0.105. The molecule has 0 aliphatic carbocycles. The van der Waals surface area contributed by atoms with E-state index in [1.165, 1.54) is 0 Å². The van der Waals surface area contributed by atoms with Gasteiger partial charge in [0.1, 0.15) is 5.75 Å². The summed E-state index contributed by atoms with van der Waals surface area (Å²) in [5, 5.41) is 14.3. The van der Waals surface area contributed by atoms with Gasteiger partial charge in [-0.2, -0.15) is 0 Å². The number of halogens is 2. The maximum absolute atomic E-state index is 9.38. The van der Waals surface area contributed by atoms with Gasteiger partial charge in [-0.15, -0.1) is 0 Å². The molecule has 0 bridgehead atoms. The number of nitrogens with one attached hydrogen (secondary N) is 1. The van der Waals surface area contributed by atoms with Crippen LogP contribution >= 0.6 is 23.2 Å². The monoisotopic (exact) mass is 323 g/mol. The summed E-state index contributed by atoms with van der Waals surface area (Å²) in [6, 6.07) is 13.2. The van der Waals surface area contributed by atoms with E-state index in [0.717, 1.165) is 17.5 Å². The van der Waals surface area contributed by atoms with Gasteiger partial charge in [0.15, 0.2) is 0 Å². The van der Waals surface area contributed by atoms with Crippen LogP contribution < -0.4 is 5.32 Å². The van der Waals surface area contributed by atoms with Crippen LogP contribution in [0.3, 0.4) is 0 Å². The Bertz CT molecular complexity index is 598. The third-order valence-corrected chi connectivity index (χ3v) is 4.15. The standard InChI is InChI=1S/C17H19Cl2NO/c1-3-17(12-4-7-14(21)8-5-12)20-11(2)15-9-6-13(18)10-16(15)19/h4-11,17,20-21H,3H2,1-2H3. The summed E-state index contributed by atoms with van der Waals surface area (Å²) >= 11 is 12.2. The van der Waals surface area contributed by atoms with Gasteiger partial charge in [-0.05, 0) is 48.7 Å². The van der Waals surface area contributed by atoms with Crippen LogP contribution in [0.5, 0.6) is 5.75 Å². The summed E-state index contributed by atoms with van der Waals surface area (Å²) in [4.78, 5) is 0. The van der Waals surface area contributed by atoms with E-state index in [1.807, 2.05) is 24.3 Å². The van der Waals surface area contributed by atoms with Crippen LogP contribution in [0.2, 0.25) is 10.0 Å². The number of hydrogen-bond donors (Lipinski definition) is 2. The van der Waals surface area contributed by atoms with Crippen LogP contribution in [-0.4, -0.2) is 5.11 Å². The highest BCUT2D eigenvalue weighted by atomic mass is 35.5. The lowest BCUT2D eigenvalue weighted by Crippen LogP contribution is -2.24. The first-order valence-corrected chi connectivity index (χ1v) is 7.76. The molecule has 0 saturated heterocycles. The van der Waals surface area contributed by atoms with E-state index in [-0.39, 0.29) is 17.8 Å². The molecule has 0 aromatic heterocycles. The first kappa shape index (κ1) is 16.2. The van der Waals surface area contributed by atoms with Crippen molar-refractivity contribution in [2.24, 2.45) is 0 Å². The van der Waals surface area contributed by atoms with Crippen molar-refractivity contribution in [1.82, 2.24) is 5.32 Å². The van der Waals surface area contributed by atoms with Gasteiger partial charge in [0.25, 0.3) is 0 Å². The molecule has 112 valence electrons. The molecule has 0 aliphatic rings. The van der Waals surface area contributed by atoms with E-state index in [0.29, 0.717) is 10.0 Å². The Kier molecular flexibility index (Phi) is 5.51. The minimum absolute atomic E-state index is 0.105. The molecular weight excluding hydrogens is 305 g/mol. The highest BCUT2D eigenvalue weighted by Gasteiger charge is 2.16. The number of phenolic OH excluding ortho intramolecular Hbond substituents is 1. The average molecular weight is 324 g/mol. The highest BCUT2D eigenvalue weighted by molar-refractivity contribution is 6.35. The van der Waals surface area contributed by atoms with Crippen LogP contribution in [0.15, 0.2) is 42.5 Å². The summed E-state index contributed by atoms with van der Waals surface area (Å²) in [5.74, 6) is 0.280. The molecule has 0 heterocycles. The van der Waals surface area contributed by atoms with Crippen LogP contribution in [0.4, 0.5) is 0 Å². The predicted octanol–water partition coefficient (Wildman–Crippen LogP) is 5.50. The normalized spacial score (nSPS) is 13.9. The molecule has 2 N–H and O–H groups in total. The van der Waals surface area contributed by atoms with Gasteiger partial charge in [0, 0.05) is 22.1 Å². The van der Waals surface area contributed by atoms with E-state index in [4.69, 9.17) is 23.2 Å². The second-order valence-electron chi connectivity index (χ2n) is 5.11. The first-order valence-electron chi connectivity index (χ1n) is 7.01. The zero-order chi connectivity index (χ0) is 15.4. The van der Waals surface area contributed by atoms with Crippen LogP contribution in [0, 0.1) is 0 Å². The molecule has 2 rings (SSSR count). The zero-order valence-corrected chi connectivity index (χ0v) is 13.6. The Balaban J connectivity index is 2.15. The molecule has 2 unspecified atom stereocenters. The SMILES string of the molecule is CCC(NC(C)c1ccc(Cl)cc1Cl)c1ccc(O)cc1. The van der Waals surface area contributed by atoms with E-state index < -0.39 is 0 Å². The van der Waals surface area contributed by atoms with Crippen LogP contribution in [0.1, 0.15) is 43.5 Å². The molecule has 0 spiro atoms. The van der Waals surface area contributed by atoms with Gasteiger partial charge in [-0.3, -0.25) is 0 Å². The molecule has 21 heavy (non-hydrogen) atoms. The average Bonchev–Trinajstić information content (AvgIpc) is 2.45. The lowest BCUT2D eigenvalue weighted by molar-refractivity contribution is 0.453. The zero-order valence-electron chi connectivity index (χ0n) is 12.1. The van der Waals surface area contributed by atoms with Crippen molar-refractivity contribution >= 4 is 23.2 Å². The summed E-state index contributed by atoms with van der Waals surface area (Å²) in [7, 11) is 0. The van der Waals surface area contributed by atoms with E-state index in [2.05, 4.69) is 19.2 Å². The molecule has 4 heteroatoms. The number of aromatic hydroxyl groups is 1. The van der Waals surface area contributed by atoms with E-state index in [1.54, 1.807) is 18.2 Å². The van der Waals surface area contributed by atoms with E-state index in [9.17, 15) is 5.11 Å². The third kappa shape index (κ3) is 4.13. The molecular formula is C17H19Cl2NO. The number of benzene rings is 2. The maximum atomic E-state index is 9.38. The minimum Gasteiger partial charge on any atom is -0.508 e. The fraction of sp³-hybridized carbons (Fsp3) is 0.294. The summed E-state index contributed by atoms with van der Waals surface area (Å²) in [5.41, 5.74) is 2.17. The van der Waals surface area contributed by atoms with Gasteiger partial charge in [0.05, 0.1) is 0 Å². The van der Waals surface area contributed by atoms with Gasteiger partial charge in [0.2, 0.25) is 0 Å².